The van der Waals surface area contributed by atoms with E-state index < -0.39 is 30.4 Å². The Balaban J connectivity index is 2.78. The SMILES string of the molecule is CC(=O)O[C@H]1O[C@H](COP)C(OP)C1(F)F. The van der Waals surface area contributed by atoms with E-state index in [4.69, 9.17) is 4.74 Å². The van der Waals surface area contributed by atoms with E-state index in [-0.39, 0.29) is 6.61 Å². The van der Waals surface area contributed by atoms with Gasteiger partial charge in [-0.2, -0.15) is 8.78 Å². The van der Waals surface area contributed by atoms with E-state index in [1.807, 2.05) is 9.47 Å². The van der Waals surface area contributed by atoms with Crippen LogP contribution in [0.15, 0.2) is 0 Å². The lowest BCUT2D eigenvalue weighted by atomic mass is 10.1. The second-order valence-corrected chi connectivity index (χ2v) is 3.79. The van der Waals surface area contributed by atoms with E-state index >= 15 is 0 Å². The normalized spacial score (nSPS) is 32.7. The van der Waals surface area contributed by atoms with Gasteiger partial charge in [0.25, 0.3) is 6.29 Å². The van der Waals surface area contributed by atoms with Crippen molar-refractivity contribution >= 4 is 24.9 Å². The molecule has 0 aromatic heterocycles. The van der Waals surface area contributed by atoms with Crippen LogP contribution < -0.4 is 0 Å². The molecule has 1 heterocycles. The molecule has 0 aromatic carbocycles. The number of rotatable bonds is 4. The molecule has 5 atom stereocenters. The molecule has 0 amide bonds. The topological polar surface area (TPSA) is 54.0 Å². The number of hydrogen-bond acceptors (Lipinski definition) is 5. The van der Waals surface area contributed by atoms with Gasteiger partial charge in [-0.1, -0.05) is 0 Å². The van der Waals surface area contributed by atoms with Crippen molar-refractivity contribution in [3.8, 4) is 0 Å². The lowest BCUT2D eigenvalue weighted by Crippen LogP contribution is -2.42. The second-order valence-electron chi connectivity index (χ2n) is 3.18. The standard InChI is InChI=1S/C7H12F2O5P2/c1-3(10)12-6-7(8,9)5(14-16)4(13-6)2-11-15/h4-6H,2,15-16H2,1H3/t4-,5?,6+/m1/s1. The Hall–Kier alpha value is 0.0700. The van der Waals surface area contributed by atoms with E-state index in [0.29, 0.717) is 0 Å². The molecule has 5 nitrogen and oxygen atoms in total. The van der Waals surface area contributed by atoms with Gasteiger partial charge in [0.1, 0.15) is 6.10 Å². The van der Waals surface area contributed by atoms with Crippen molar-refractivity contribution in [3.63, 3.8) is 0 Å². The van der Waals surface area contributed by atoms with Crippen LogP contribution in [0.2, 0.25) is 0 Å². The number of esters is 1. The van der Waals surface area contributed by atoms with Crippen LogP contribution >= 0.6 is 18.9 Å². The minimum atomic E-state index is -3.42. The number of ether oxygens (including phenoxy) is 2. The van der Waals surface area contributed by atoms with Gasteiger partial charge in [0.15, 0.2) is 6.10 Å². The third kappa shape index (κ3) is 2.84. The first-order valence-electron chi connectivity index (χ1n) is 4.31. The molecule has 1 saturated heterocycles. The summed E-state index contributed by atoms with van der Waals surface area (Å²) in [7, 11) is 3.65. The zero-order chi connectivity index (χ0) is 12.3. The Labute approximate surface area is 95.7 Å². The fourth-order valence-electron chi connectivity index (χ4n) is 1.36. The number of alkyl halides is 2. The van der Waals surface area contributed by atoms with Crippen LogP contribution in [-0.4, -0.2) is 37.0 Å². The molecule has 0 aliphatic carbocycles. The molecular formula is C7H12F2O5P2. The van der Waals surface area contributed by atoms with Crippen LogP contribution in [0.4, 0.5) is 8.78 Å². The predicted octanol–water partition coefficient (Wildman–Crippen LogP) is 0.892. The van der Waals surface area contributed by atoms with Gasteiger partial charge in [-0.05, 0) is 0 Å². The maximum Gasteiger partial charge on any atom is 0.337 e. The van der Waals surface area contributed by atoms with Gasteiger partial charge in [-0.15, -0.1) is 0 Å². The summed E-state index contributed by atoms with van der Waals surface area (Å²) in [6.45, 7) is 0.909. The Morgan fingerprint density at radius 3 is 2.56 bits per heavy atom. The van der Waals surface area contributed by atoms with Crippen LogP contribution in [0.1, 0.15) is 6.92 Å². The summed E-state index contributed by atoms with van der Waals surface area (Å²) in [4.78, 5) is 10.6. The average Bonchev–Trinajstić information content (AvgIpc) is 2.38. The largest absolute Gasteiger partial charge is 0.429 e. The summed E-state index contributed by atoms with van der Waals surface area (Å²) < 4.78 is 45.6. The quantitative estimate of drug-likeness (QED) is 0.564. The highest BCUT2D eigenvalue weighted by Gasteiger charge is 2.61. The molecule has 94 valence electrons. The number of carbonyl (C=O) groups excluding carboxylic acids is 1. The van der Waals surface area contributed by atoms with Crippen LogP contribution in [0.3, 0.4) is 0 Å². The first-order chi connectivity index (χ1) is 7.43. The number of halogens is 2. The lowest BCUT2D eigenvalue weighted by Gasteiger charge is -2.21. The van der Waals surface area contributed by atoms with Gasteiger partial charge in [-0.3, -0.25) is 4.79 Å². The van der Waals surface area contributed by atoms with Crippen molar-refractivity contribution in [2.24, 2.45) is 0 Å². The summed E-state index contributed by atoms with van der Waals surface area (Å²) in [5.74, 6) is -4.26. The van der Waals surface area contributed by atoms with Crippen molar-refractivity contribution in [2.75, 3.05) is 6.61 Å². The molecule has 0 spiro atoms. The highest BCUT2D eigenvalue weighted by molar-refractivity contribution is 7.10. The fourth-order valence-corrected chi connectivity index (χ4v) is 1.91. The summed E-state index contributed by atoms with van der Waals surface area (Å²) >= 11 is 0. The third-order valence-corrected chi connectivity index (χ3v) is 2.50. The Morgan fingerprint density at radius 2 is 2.12 bits per heavy atom. The molecule has 1 fully saturated rings. The van der Waals surface area contributed by atoms with Crippen molar-refractivity contribution in [1.82, 2.24) is 0 Å². The monoisotopic (exact) mass is 276 g/mol. The Bertz CT molecular complexity index is 265. The average molecular weight is 276 g/mol. The Morgan fingerprint density at radius 1 is 1.50 bits per heavy atom. The van der Waals surface area contributed by atoms with Gasteiger partial charge in [0.2, 0.25) is 0 Å². The zero-order valence-corrected chi connectivity index (χ0v) is 10.7. The van der Waals surface area contributed by atoms with Crippen LogP contribution in [-0.2, 0) is 23.3 Å². The highest BCUT2D eigenvalue weighted by Crippen LogP contribution is 2.40. The zero-order valence-electron chi connectivity index (χ0n) is 8.39. The Kier molecular flexibility index (Phi) is 4.95. The van der Waals surface area contributed by atoms with Gasteiger partial charge in [0, 0.05) is 25.9 Å². The van der Waals surface area contributed by atoms with Gasteiger partial charge >= 0.3 is 11.9 Å². The molecule has 0 bridgehead atoms. The summed E-state index contributed by atoms with van der Waals surface area (Å²) in [6.07, 6.45) is -4.49. The van der Waals surface area contributed by atoms with E-state index in [1.165, 1.54) is 0 Å². The molecule has 0 saturated carbocycles. The van der Waals surface area contributed by atoms with E-state index in [9.17, 15) is 13.6 Å². The smallest absolute Gasteiger partial charge is 0.337 e. The van der Waals surface area contributed by atoms with Crippen molar-refractivity contribution in [1.29, 1.82) is 0 Å². The fraction of sp³-hybridized carbons (Fsp3) is 0.857. The van der Waals surface area contributed by atoms with E-state index in [1.54, 1.807) is 9.47 Å². The van der Waals surface area contributed by atoms with Crippen molar-refractivity contribution in [2.45, 2.75) is 31.3 Å². The lowest BCUT2D eigenvalue weighted by molar-refractivity contribution is -0.221. The maximum absolute atomic E-state index is 13.6. The molecule has 1 rings (SSSR count). The summed E-state index contributed by atoms with van der Waals surface area (Å²) in [6, 6.07) is 0. The first-order valence-corrected chi connectivity index (χ1v) is 5.25. The van der Waals surface area contributed by atoms with E-state index in [2.05, 4.69) is 13.8 Å². The molecule has 3 unspecified atom stereocenters. The first kappa shape index (κ1) is 14.1. The maximum atomic E-state index is 13.6. The molecule has 0 aromatic rings. The van der Waals surface area contributed by atoms with E-state index in [0.717, 1.165) is 6.92 Å². The molecule has 9 heteroatoms. The molecule has 1 aliphatic heterocycles. The third-order valence-electron chi connectivity index (χ3n) is 2.01. The second kappa shape index (κ2) is 5.61. The van der Waals surface area contributed by atoms with Gasteiger partial charge in [-0.25, -0.2) is 0 Å². The van der Waals surface area contributed by atoms with Gasteiger partial charge < -0.3 is 18.5 Å². The molecule has 16 heavy (non-hydrogen) atoms. The van der Waals surface area contributed by atoms with Crippen molar-refractivity contribution < 1.29 is 32.1 Å². The van der Waals surface area contributed by atoms with Gasteiger partial charge in [0.05, 0.1) is 6.61 Å². The van der Waals surface area contributed by atoms with Crippen LogP contribution in [0, 0.1) is 0 Å². The van der Waals surface area contributed by atoms with Crippen molar-refractivity contribution in [3.05, 3.63) is 0 Å². The van der Waals surface area contributed by atoms with Crippen LogP contribution in [0.5, 0.6) is 0 Å². The molecule has 0 N–H and O–H groups in total. The molecule has 0 radical (unpaired) electrons. The minimum Gasteiger partial charge on any atom is -0.429 e. The summed E-state index contributed by atoms with van der Waals surface area (Å²) in [5, 5.41) is 0. The number of hydrogen-bond donors (Lipinski definition) is 0. The predicted molar refractivity (Wildman–Crippen MR) is 55.6 cm³/mol. The highest BCUT2D eigenvalue weighted by atomic mass is 31.0. The minimum absolute atomic E-state index is 0.114. The molecule has 1 aliphatic rings. The molecular weight excluding hydrogens is 264 g/mol. The van der Waals surface area contributed by atoms with Crippen LogP contribution in [0.25, 0.3) is 0 Å². The number of carbonyl (C=O) groups is 1. The summed E-state index contributed by atoms with van der Waals surface area (Å²) in [5.41, 5.74) is 0.